The summed E-state index contributed by atoms with van der Waals surface area (Å²) in [5.74, 6) is -0.0381. The van der Waals surface area contributed by atoms with Crippen molar-refractivity contribution in [3.63, 3.8) is 0 Å². The first kappa shape index (κ1) is 12.5. The van der Waals surface area contributed by atoms with Crippen LogP contribution in [0.25, 0.3) is 0 Å². The number of methoxy groups -OCH3 is 1. The molecule has 1 amide bonds. The van der Waals surface area contributed by atoms with Crippen LogP contribution in [0.4, 0.5) is 0 Å². The maximum absolute atomic E-state index is 11.7. The molecule has 1 rings (SSSR count). The van der Waals surface area contributed by atoms with Gasteiger partial charge in [0.2, 0.25) is 0 Å². The standard InChI is InChI=1S/C10H15NO2S2/c1-7(3-4-13-2)11-10(12)9-5-8(14)6-15-9/h5-7,14H,3-4H2,1-2H3,(H,11,12). The number of nitrogens with one attached hydrogen (secondary N) is 1. The molecule has 1 aromatic rings. The van der Waals surface area contributed by atoms with Crippen LogP contribution in [-0.2, 0) is 4.74 Å². The van der Waals surface area contributed by atoms with Crippen LogP contribution in [-0.4, -0.2) is 25.7 Å². The second-order valence-corrected chi connectivity index (χ2v) is 4.75. The molecule has 0 aliphatic rings. The highest BCUT2D eigenvalue weighted by Crippen LogP contribution is 2.17. The Balaban J connectivity index is 2.42. The van der Waals surface area contributed by atoms with Gasteiger partial charge in [0.05, 0.1) is 4.88 Å². The van der Waals surface area contributed by atoms with E-state index in [-0.39, 0.29) is 11.9 Å². The average molecular weight is 245 g/mol. The number of carbonyl (C=O) groups excluding carboxylic acids is 1. The van der Waals surface area contributed by atoms with Gasteiger partial charge in [0.25, 0.3) is 5.91 Å². The van der Waals surface area contributed by atoms with E-state index >= 15 is 0 Å². The summed E-state index contributed by atoms with van der Waals surface area (Å²) in [6, 6.07) is 1.90. The van der Waals surface area contributed by atoms with Gasteiger partial charge in [-0.05, 0) is 19.4 Å². The normalized spacial score (nSPS) is 12.5. The molecule has 0 radical (unpaired) electrons. The van der Waals surface area contributed by atoms with Crippen LogP contribution in [0.15, 0.2) is 16.3 Å². The second-order valence-electron chi connectivity index (χ2n) is 3.33. The number of thiophene rings is 1. The fourth-order valence-electron chi connectivity index (χ4n) is 1.11. The largest absolute Gasteiger partial charge is 0.385 e. The first-order chi connectivity index (χ1) is 7.13. The number of hydrogen-bond acceptors (Lipinski definition) is 4. The molecule has 0 spiro atoms. The highest BCUT2D eigenvalue weighted by Gasteiger charge is 2.11. The minimum Gasteiger partial charge on any atom is -0.385 e. The van der Waals surface area contributed by atoms with Gasteiger partial charge in [0.1, 0.15) is 0 Å². The van der Waals surface area contributed by atoms with Crippen molar-refractivity contribution in [2.24, 2.45) is 0 Å². The third-order valence-corrected chi connectivity index (χ3v) is 3.30. The molecule has 0 bridgehead atoms. The Morgan fingerprint density at radius 1 is 1.73 bits per heavy atom. The number of ether oxygens (including phenoxy) is 1. The SMILES string of the molecule is COCCC(C)NC(=O)c1cc(S)cs1. The van der Waals surface area contributed by atoms with E-state index in [1.54, 1.807) is 13.2 Å². The highest BCUT2D eigenvalue weighted by atomic mass is 32.1. The number of thiol groups is 1. The molecule has 0 aliphatic carbocycles. The lowest BCUT2D eigenvalue weighted by atomic mass is 10.2. The van der Waals surface area contributed by atoms with Crippen LogP contribution >= 0.6 is 24.0 Å². The van der Waals surface area contributed by atoms with Crippen LogP contribution in [0, 0.1) is 0 Å². The summed E-state index contributed by atoms with van der Waals surface area (Å²) in [6.45, 7) is 2.62. The quantitative estimate of drug-likeness (QED) is 0.780. The van der Waals surface area contributed by atoms with Crippen molar-refractivity contribution in [1.82, 2.24) is 5.32 Å². The van der Waals surface area contributed by atoms with E-state index in [4.69, 9.17) is 4.74 Å². The lowest BCUT2D eigenvalue weighted by Gasteiger charge is -2.12. The van der Waals surface area contributed by atoms with Crippen molar-refractivity contribution in [3.05, 3.63) is 16.3 Å². The Kier molecular flexibility index (Phi) is 5.14. The van der Waals surface area contributed by atoms with Crippen molar-refractivity contribution in [2.75, 3.05) is 13.7 Å². The summed E-state index contributed by atoms with van der Waals surface area (Å²) in [4.78, 5) is 13.2. The Bertz CT molecular complexity index is 325. The smallest absolute Gasteiger partial charge is 0.261 e. The maximum Gasteiger partial charge on any atom is 0.261 e. The van der Waals surface area contributed by atoms with Gasteiger partial charge in [-0.25, -0.2) is 0 Å². The summed E-state index contributed by atoms with van der Waals surface area (Å²) in [5.41, 5.74) is 0. The van der Waals surface area contributed by atoms with E-state index in [2.05, 4.69) is 17.9 Å². The van der Waals surface area contributed by atoms with E-state index in [0.717, 1.165) is 11.3 Å². The summed E-state index contributed by atoms with van der Waals surface area (Å²) < 4.78 is 4.94. The van der Waals surface area contributed by atoms with Crippen LogP contribution in [0.5, 0.6) is 0 Å². The molecule has 0 saturated heterocycles. The minimum atomic E-state index is -0.0381. The number of rotatable bonds is 5. The van der Waals surface area contributed by atoms with E-state index in [9.17, 15) is 4.79 Å². The number of carbonyl (C=O) groups is 1. The fourth-order valence-corrected chi connectivity index (χ4v) is 2.16. The van der Waals surface area contributed by atoms with E-state index in [1.165, 1.54) is 11.3 Å². The monoisotopic (exact) mass is 245 g/mol. The van der Waals surface area contributed by atoms with Gasteiger partial charge in [-0.1, -0.05) is 0 Å². The van der Waals surface area contributed by atoms with Crippen LogP contribution in [0.2, 0.25) is 0 Å². The second kappa shape index (κ2) is 6.15. The van der Waals surface area contributed by atoms with E-state index < -0.39 is 0 Å². The Labute approximate surface area is 99.2 Å². The zero-order valence-corrected chi connectivity index (χ0v) is 10.5. The highest BCUT2D eigenvalue weighted by molar-refractivity contribution is 7.80. The zero-order chi connectivity index (χ0) is 11.3. The van der Waals surface area contributed by atoms with E-state index in [1.807, 2.05) is 12.3 Å². The van der Waals surface area contributed by atoms with E-state index in [0.29, 0.717) is 11.5 Å². The zero-order valence-electron chi connectivity index (χ0n) is 8.82. The number of hydrogen-bond donors (Lipinski definition) is 2. The van der Waals surface area contributed by atoms with Gasteiger partial charge < -0.3 is 10.1 Å². The molecular weight excluding hydrogens is 230 g/mol. The van der Waals surface area contributed by atoms with Gasteiger partial charge in [-0.15, -0.1) is 24.0 Å². The molecule has 1 unspecified atom stereocenters. The summed E-state index contributed by atoms with van der Waals surface area (Å²) >= 11 is 5.56. The fraction of sp³-hybridized carbons (Fsp3) is 0.500. The van der Waals surface area contributed by atoms with Gasteiger partial charge in [-0.3, -0.25) is 4.79 Å². The molecule has 0 saturated carbocycles. The molecule has 1 N–H and O–H groups in total. The molecule has 1 atom stereocenters. The molecule has 0 fully saturated rings. The maximum atomic E-state index is 11.7. The van der Waals surface area contributed by atoms with Gasteiger partial charge in [0, 0.05) is 30.0 Å². The Hall–Kier alpha value is -0.520. The molecule has 0 aliphatic heterocycles. The van der Waals surface area contributed by atoms with Crippen molar-refractivity contribution < 1.29 is 9.53 Å². The lowest BCUT2D eigenvalue weighted by Crippen LogP contribution is -2.32. The molecule has 84 valence electrons. The molecule has 1 aromatic heterocycles. The molecular formula is C10H15NO2S2. The van der Waals surface area contributed by atoms with Crippen molar-refractivity contribution >= 4 is 29.9 Å². The first-order valence-corrected chi connectivity index (χ1v) is 6.03. The molecule has 3 nitrogen and oxygen atoms in total. The van der Waals surface area contributed by atoms with Crippen molar-refractivity contribution in [3.8, 4) is 0 Å². The Morgan fingerprint density at radius 2 is 2.47 bits per heavy atom. The average Bonchev–Trinajstić information content (AvgIpc) is 2.61. The molecule has 15 heavy (non-hydrogen) atoms. The third-order valence-electron chi connectivity index (χ3n) is 1.94. The van der Waals surface area contributed by atoms with Crippen LogP contribution in [0.3, 0.4) is 0 Å². The van der Waals surface area contributed by atoms with Gasteiger partial charge in [-0.2, -0.15) is 0 Å². The lowest BCUT2D eigenvalue weighted by molar-refractivity contribution is 0.0933. The summed E-state index contributed by atoms with van der Waals surface area (Å²) in [7, 11) is 1.65. The van der Waals surface area contributed by atoms with Gasteiger partial charge >= 0.3 is 0 Å². The summed E-state index contributed by atoms with van der Waals surface area (Å²) in [5, 5.41) is 4.75. The predicted octanol–water partition coefficient (Wildman–Crippen LogP) is 2.19. The molecule has 5 heteroatoms. The first-order valence-electron chi connectivity index (χ1n) is 4.70. The van der Waals surface area contributed by atoms with Crippen molar-refractivity contribution in [1.29, 1.82) is 0 Å². The molecule has 1 heterocycles. The molecule has 0 aromatic carbocycles. The predicted molar refractivity (Wildman–Crippen MR) is 65.0 cm³/mol. The van der Waals surface area contributed by atoms with Gasteiger partial charge in [0.15, 0.2) is 0 Å². The Morgan fingerprint density at radius 3 is 3.00 bits per heavy atom. The number of amides is 1. The third kappa shape index (κ3) is 4.24. The summed E-state index contributed by atoms with van der Waals surface area (Å²) in [6.07, 6.45) is 0.821. The minimum absolute atomic E-state index is 0.0381. The van der Waals surface area contributed by atoms with Crippen molar-refractivity contribution in [2.45, 2.75) is 24.3 Å². The van der Waals surface area contributed by atoms with Crippen LogP contribution in [0.1, 0.15) is 23.0 Å². The van der Waals surface area contributed by atoms with Crippen LogP contribution < -0.4 is 5.32 Å². The topological polar surface area (TPSA) is 38.3 Å².